The number of nitrogens with zero attached hydrogens (tertiary/aromatic N) is 3. The summed E-state index contributed by atoms with van der Waals surface area (Å²) in [6.07, 6.45) is 1.87. The van der Waals surface area contributed by atoms with Crippen LogP contribution in [0.2, 0.25) is 0 Å². The first-order valence-corrected chi connectivity index (χ1v) is 6.55. The Kier molecular flexibility index (Phi) is 4.84. The Labute approximate surface area is 117 Å². The summed E-state index contributed by atoms with van der Waals surface area (Å²) in [5.41, 5.74) is 1.70. The van der Waals surface area contributed by atoms with Crippen molar-refractivity contribution in [1.82, 2.24) is 20.3 Å². The Balaban J connectivity index is 1.88. The fourth-order valence-corrected chi connectivity index (χ4v) is 1.74. The number of rotatable bonds is 6. The molecule has 20 heavy (non-hydrogen) atoms. The van der Waals surface area contributed by atoms with Crippen LogP contribution in [0.5, 0.6) is 0 Å². The number of aliphatic hydroxyl groups excluding tert-OH is 1. The number of carbonyl (C=O) groups is 1. The van der Waals surface area contributed by atoms with Crippen molar-refractivity contribution in [3.63, 3.8) is 0 Å². The Morgan fingerprint density at radius 3 is 2.85 bits per heavy atom. The summed E-state index contributed by atoms with van der Waals surface area (Å²) >= 11 is 0. The Morgan fingerprint density at radius 1 is 1.40 bits per heavy atom. The normalized spacial score (nSPS) is 12.1. The van der Waals surface area contributed by atoms with Gasteiger partial charge in [-0.3, -0.25) is 4.79 Å². The summed E-state index contributed by atoms with van der Waals surface area (Å²) in [7, 11) is 0. The van der Waals surface area contributed by atoms with Crippen molar-refractivity contribution in [1.29, 1.82) is 0 Å². The van der Waals surface area contributed by atoms with Gasteiger partial charge in [0, 0.05) is 12.1 Å². The first-order chi connectivity index (χ1) is 9.65. The van der Waals surface area contributed by atoms with Crippen molar-refractivity contribution in [2.45, 2.75) is 26.0 Å². The zero-order valence-electron chi connectivity index (χ0n) is 11.4. The Hall–Kier alpha value is -2.21. The van der Waals surface area contributed by atoms with Crippen LogP contribution in [0.3, 0.4) is 0 Å². The van der Waals surface area contributed by atoms with Crippen molar-refractivity contribution in [3.8, 4) is 11.3 Å². The maximum absolute atomic E-state index is 11.7. The highest BCUT2D eigenvalue weighted by Crippen LogP contribution is 2.14. The van der Waals surface area contributed by atoms with Crippen molar-refractivity contribution in [3.05, 3.63) is 36.5 Å². The average molecular weight is 274 g/mol. The molecule has 0 radical (unpaired) electrons. The van der Waals surface area contributed by atoms with E-state index in [4.69, 9.17) is 5.11 Å². The van der Waals surface area contributed by atoms with Crippen molar-refractivity contribution >= 4 is 5.91 Å². The molecule has 0 fully saturated rings. The lowest BCUT2D eigenvalue weighted by atomic mass is 10.2. The van der Waals surface area contributed by atoms with Gasteiger partial charge in [0.1, 0.15) is 12.2 Å². The van der Waals surface area contributed by atoms with Crippen LogP contribution in [0.25, 0.3) is 11.3 Å². The van der Waals surface area contributed by atoms with Crippen molar-refractivity contribution < 1.29 is 9.90 Å². The molecule has 106 valence electrons. The monoisotopic (exact) mass is 274 g/mol. The maximum Gasteiger partial charge on any atom is 0.241 e. The minimum Gasteiger partial charge on any atom is -0.393 e. The molecule has 2 rings (SSSR count). The molecule has 1 aromatic heterocycles. The van der Waals surface area contributed by atoms with Gasteiger partial charge in [0.25, 0.3) is 0 Å². The zero-order chi connectivity index (χ0) is 14.4. The highest BCUT2D eigenvalue weighted by Gasteiger charge is 2.07. The number of hydrogen-bond acceptors (Lipinski definition) is 4. The van der Waals surface area contributed by atoms with E-state index in [9.17, 15) is 4.79 Å². The molecule has 2 N–H and O–H groups in total. The summed E-state index contributed by atoms with van der Waals surface area (Å²) in [4.78, 5) is 11.7. The van der Waals surface area contributed by atoms with Gasteiger partial charge in [0.05, 0.1) is 12.3 Å². The molecule has 0 saturated carbocycles. The number of hydrogen-bond donors (Lipinski definition) is 2. The van der Waals surface area contributed by atoms with Crippen LogP contribution in [-0.4, -0.2) is 38.7 Å². The average Bonchev–Trinajstić information content (AvgIpc) is 2.88. The van der Waals surface area contributed by atoms with Gasteiger partial charge in [-0.25, -0.2) is 4.68 Å². The van der Waals surface area contributed by atoms with E-state index >= 15 is 0 Å². The van der Waals surface area contributed by atoms with E-state index in [-0.39, 0.29) is 12.5 Å². The predicted octanol–water partition coefficient (Wildman–Crippen LogP) is 0.832. The van der Waals surface area contributed by atoms with E-state index in [1.54, 1.807) is 13.1 Å². The Morgan fingerprint density at radius 2 is 2.15 bits per heavy atom. The molecule has 1 atom stereocenters. The molecule has 1 unspecified atom stereocenters. The molecule has 1 heterocycles. The first kappa shape index (κ1) is 14.2. The van der Waals surface area contributed by atoms with Gasteiger partial charge in [0.15, 0.2) is 0 Å². The minimum absolute atomic E-state index is 0.125. The number of benzene rings is 1. The van der Waals surface area contributed by atoms with Crippen LogP contribution in [0, 0.1) is 0 Å². The largest absolute Gasteiger partial charge is 0.393 e. The lowest BCUT2D eigenvalue weighted by Gasteiger charge is -2.06. The highest BCUT2D eigenvalue weighted by molar-refractivity contribution is 5.75. The molecule has 0 bridgehead atoms. The van der Waals surface area contributed by atoms with Crippen molar-refractivity contribution in [2.75, 3.05) is 6.54 Å². The molecule has 0 saturated heterocycles. The predicted molar refractivity (Wildman–Crippen MR) is 74.8 cm³/mol. The second-order valence-corrected chi connectivity index (χ2v) is 4.66. The molecular formula is C14H18N4O2. The first-order valence-electron chi connectivity index (χ1n) is 6.55. The van der Waals surface area contributed by atoms with E-state index in [1.165, 1.54) is 4.68 Å². The van der Waals surface area contributed by atoms with Gasteiger partial charge in [-0.2, -0.15) is 0 Å². The standard InChI is InChI=1S/C14H18N4O2/c1-11(19)7-8-15-14(20)10-18-9-13(16-17-18)12-5-3-2-4-6-12/h2-6,9,11,19H,7-8,10H2,1H3,(H,15,20). The molecule has 0 aliphatic rings. The topological polar surface area (TPSA) is 80.0 Å². The second-order valence-electron chi connectivity index (χ2n) is 4.66. The van der Waals surface area contributed by atoms with Crippen LogP contribution in [-0.2, 0) is 11.3 Å². The second kappa shape index (κ2) is 6.81. The van der Waals surface area contributed by atoms with E-state index in [1.807, 2.05) is 30.3 Å². The summed E-state index contributed by atoms with van der Waals surface area (Å²) in [6.45, 7) is 2.27. The van der Waals surface area contributed by atoms with E-state index in [2.05, 4.69) is 15.6 Å². The van der Waals surface area contributed by atoms with E-state index in [0.717, 1.165) is 11.3 Å². The molecule has 6 nitrogen and oxygen atoms in total. The summed E-state index contributed by atoms with van der Waals surface area (Å²) in [5.74, 6) is -0.143. The highest BCUT2D eigenvalue weighted by atomic mass is 16.3. The third-order valence-corrected chi connectivity index (χ3v) is 2.80. The molecule has 6 heteroatoms. The van der Waals surface area contributed by atoms with Crippen molar-refractivity contribution in [2.24, 2.45) is 0 Å². The summed E-state index contributed by atoms with van der Waals surface area (Å²) in [5, 5.41) is 19.8. The SMILES string of the molecule is CC(O)CCNC(=O)Cn1cc(-c2ccccc2)nn1. The van der Waals surface area contributed by atoms with Gasteiger partial charge in [0.2, 0.25) is 5.91 Å². The van der Waals surface area contributed by atoms with Gasteiger partial charge in [-0.05, 0) is 13.3 Å². The molecule has 0 aliphatic heterocycles. The number of carbonyl (C=O) groups excluding carboxylic acids is 1. The van der Waals surface area contributed by atoms with Gasteiger partial charge in [-0.15, -0.1) is 5.10 Å². The number of amides is 1. The number of nitrogens with one attached hydrogen (secondary N) is 1. The lowest BCUT2D eigenvalue weighted by Crippen LogP contribution is -2.30. The van der Waals surface area contributed by atoms with E-state index in [0.29, 0.717) is 13.0 Å². The third kappa shape index (κ3) is 4.17. The summed E-state index contributed by atoms with van der Waals surface area (Å²) < 4.78 is 1.50. The quantitative estimate of drug-likeness (QED) is 0.817. The van der Waals surface area contributed by atoms with Crippen LogP contribution in [0.1, 0.15) is 13.3 Å². The van der Waals surface area contributed by atoms with Gasteiger partial charge in [-0.1, -0.05) is 35.5 Å². The lowest BCUT2D eigenvalue weighted by molar-refractivity contribution is -0.121. The smallest absolute Gasteiger partial charge is 0.241 e. The zero-order valence-corrected chi connectivity index (χ0v) is 11.4. The van der Waals surface area contributed by atoms with Gasteiger partial charge < -0.3 is 10.4 Å². The summed E-state index contributed by atoms with van der Waals surface area (Å²) in [6, 6.07) is 9.67. The molecular weight excluding hydrogens is 256 g/mol. The van der Waals surface area contributed by atoms with Crippen LogP contribution < -0.4 is 5.32 Å². The molecule has 0 aliphatic carbocycles. The number of aliphatic hydroxyl groups is 1. The van der Waals surface area contributed by atoms with Gasteiger partial charge >= 0.3 is 0 Å². The Bertz CT molecular complexity index is 551. The maximum atomic E-state index is 11.7. The molecule has 1 aromatic carbocycles. The number of aromatic nitrogens is 3. The van der Waals surface area contributed by atoms with E-state index < -0.39 is 6.10 Å². The minimum atomic E-state index is -0.411. The fourth-order valence-electron chi connectivity index (χ4n) is 1.74. The van der Waals surface area contributed by atoms with Crippen LogP contribution >= 0.6 is 0 Å². The third-order valence-electron chi connectivity index (χ3n) is 2.80. The van der Waals surface area contributed by atoms with Crippen LogP contribution in [0.15, 0.2) is 36.5 Å². The van der Waals surface area contributed by atoms with Crippen LogP contribution in [0.4, 0.5) is 0 Å². The fraction of sp³-hybridized carbons (Fsp3) is 0.357. The molecule has 0 spiro atoms. The molecule has 1 amide bonds. The molecule has 2 aromatic rings.